The Morgan fingerprint density at radius 3 is 2.62 bits per heavy atom. The summed E-state index contributed by atoms with van der Waals surface area (Å²) >= 11 is 0. The number of hydrogen-bond acceptors (Lipinski definition) is 6. The van der Waals surface area contributed by atoms with E-state index in [9.17, 15) is 4.79 Å². The lowest BCUT2D eigenvalue weighted by molar-refractivity contribution is 0.0601. The summed E-state index contributed by atoms with van der Waals surface area (Å²) in [6.07, 6.45) is 5.72. The Kier molecular flexibility index (Phi) is 5.41. The van der Waals surface area contributed by atoms with E-state index < -0.39 is 0 Å². The number of fused-ring (bicyclic) bond motifs is 1. The summed E-state index contributed by atoms with van der Waals surface area (Å²) in [5.74, 6) is -0.372. The van der Waals surface area contributed by atoms with Crippen molar-refractivity contribution in [2.24, 2.45) is 7.05 Å². The molecule has 0 aliphatic heterocycles. The smallest absolute Gasteiger partial charge is 0.337 e. The van der Waals surface area contributed by atoms with E-state index in [4.69, 9.17) is 9.72 Å². The third kappa shape index (κ3) is 3.63. The van der Waals surface area contributed by atoms with Crippen molar-refractivity contribution >= 4 is 17.0 Å². The van der Waals surface area contributed by atoms with Gasteiger partial charge in [-0.25, -0.2) is 14.5 Å². The molecule has 0 radical (unpaired) electrons. The zero-order chi connectivity index (χ0) is 23.8. The van der Waals surface area contributed by atoms with Gasteiger partial charge in [-0.3, -0.25) is 4.98 Å². The number of nitrogens with zero attached hydrogens (tertiary/aromatic N) is 6. The third-order valence-electron chi connectivity index (χ3n) is 6.07. The maximum absolute atomic E-state index is 12.2. The number of pyridine rings is 2. The molecule has 0 aliphatic rings. The van der Waals surface area contributed by atoms with E-state index in [1.165, 1.54) is 7.11 Å². The van der Waals surface area contributed by atoms with Crippen molar-refractivity contribution in [3.63, 3.8) is 0 Å². The van der Waals surface area contributed by atoms with Gasteiger partial charge in [0.25, 0.3) is 0 Å². The minimum absolute atomic E-state index is 0.0419. The van der Waals surface area contributed by atoms with Crippen LogP contribution in [0.15, 0.2) is 67.1 Å². The van der Waals surface area contributed by atoms with Crippen LogP contribution in [0.1, 0.15) is 34.7 Å². The van der Waals surface area contributed by atoms with Gasteiger partial charge < -0.3 is 9.30 Å². The molecule has 0 amide bonds. The summed E-state index contributed by atoms with van der Waals surface area (Å²) in [4.78, 5) is 21.6. The third-order valence-corrected chi connectivity index (χ3v) is 6.07. The molecule has 5 aromatic rings. The van der Waals surface area contributed by atoms with Crippen LogP contribution in [-0.2, 0) is 11.8 Å². The molecular weight excluding hydrogens is 428 g/mol. The van der Waals surface area contributed by atoms with Gasteiger partial charge in [0.15, 0.2) is 0 Å². The monoisotopic (exact) mass is 452 g/mol. The number of rotatable bonds is 5. The van der Waals surface area contributed by atoms with Crippen LogP contribution in [0.3, 0.4) is 0 Å². The Balaban J connectivity index is 1.74. The second kappa shape index (κ2) is 8.55. The van der Waals surface area contributed by atoms with Crippen LogP contribution in [0, 0.1) is 6.92 Å². The molecule has 8 nitrogen and oxygen atoms in total. The maximum Gasteiger partial charge on any atom is 0.337 e. The highest BCUT2D eigenvalue weighted by Crippen LogP contribution is 2.36. The lowest BCUT2D eigenvalue weighted by Crippen LogP contribution is -2.07. The summed E-state index contributed by atoms with van der Waals surface area (Å²) in [6, 6.07) is 15.4. The standard InChI is InChI=1S/C26H24N6O2/c1-16-24(31(3)30-29-16)20-13-21-22(18-8-7-9-19(12-18)26(33)34-4)15-32(25(21)28-14-20)17(2)23-10-5-6-11-27-23/h5-15,17H,1-4H3/t17-/m0/s1. The highest BCUT2D eigenvalue weighted by Gasteiger charge is 2.20. The first kappa shape index (κ1) is 21.5. The second-order valence-electron chi connectivity index (χ2n) is 8.20. The van der Waals surface area contributed by atoms with Crippen LogP contribution >= 0.6 is 0 Å². The molecule has 0 fully saturated rings. The van der Waals surface area contributed by atoms with Gasteiger partial charge in [0.2, 0.25) is 0 Å². The quantitative estimate of drug-likeness (QED) is 0.362. The molecule has 0 unspecified atom stereocenters. The number of aryl methyl sites for hydroxylation is 2. The molecule has 4 heterocycles. The Bertz CT molecular complexity index is 1480. The SMILES string of the molecule is COC(=O)c1cccc(-c2cn([C@@H](C)c3ccccn3)c3ncc(-c4c(C)nnn4C)cc23)c1. The first-order valence-electron chi connectivity index (χ1n) is 10.9. The summed E-state index contributed by atoms with van der Waals surface area (Å²) in [5, 5.41) is 9.29. The van der Waals surface area contributed by atoms with Gasteiger partial charge in [0.1, 0.15) is 5.65 Å². The molecule has 0 spiro atoms. The van der Waals surface area contributed by atoms with E-state index in [0.29, 0.717) is 5.56 Å². The first-order chi connectivity index (χ1) is 16.5. The van der Waals surface area contributed by atoms with E-state index in [1.54, 1.807) is 16.9 Å². The van der Waals surface area contributed by atoms with Crippen LogP contribution in [0.2, 0.25) is 0 Å². The average molecular weight is 453 g/mol. The van der Waals surface area contributed by atoms with Gasteiger partial charge in [-0.05, 0) is 49.7 Å². The molecule has 170 valence electrons. The molecule has 8 heteroatoms. The molecule has 5 rings (SSSR count). The van der Waals surface area contributed by atoms with Gasteiger partial charge in [0, 0.05) is 42.2 Å². The van der Waals surface area contributed by atoms with E-state index in [1.807, 2.05) is 56.6 Å². The Morgan fingerprint density at radius 1 is 1.06 bits per heavy atom. The molecule has 4 aromatic heterocycles. The molecule has 1 atom stereocenters. The van der Waals surface area contributed by atoms with Crippen molar-refractivity contribution in [2.45, 2.75) is 19.9 Å². The topological polar surface area (TPSA) is 87.7 Å². The lowest BCUT2D eigenvalue weighted by atomic mass is 10.0. The first-order valence-corrected chi connectivity index (χ1v) is 10.9. The molecule has 1 aromatic carbocycles. The fourth-order valence-corrected chi connectivity index (χ4v) is 4.34. The number of benzene rings is 1. The van der Waals surface area contributed by atoms with Gasteiger partial charge >= 0.3 is 5.97 Å². The molecular formula is C26H24N6O2. The summed E-state index contributed by atoms with van der Waals surface area (Å²) < 4.78 is 8.80. The van der Waals surface area contributed by atoms with Gasteiger partial charge in [-0.2, -0.15) is 0 Å². The minimum atomic E-state index is -0.372. The number of carbonyl (C=O) groups is 1. The van der Waals surface area contributed by atoms with Gasteiger partial charge in [-0.15, -0.1) is 5.10 Å². The van der Waals surface area contributed by atoms with Crippen LogP contribution in [-0.4, -0.2) is 42.6 Å². The zero-order valence-corrected chi connectivity index (χ0v) is 19.4. The van der Waals surface area contributed by atoms with Crippen LogP contribution in [0.4, 0.5) is 0 Å². The van der Waals surface area contributed by atoms with Crippen molar-refractivity contribution in [3.8, 4) is 22.4 Å². The number of carbonyl (C=O) groups excluding carboxylic acids is 1. The van der Waals surface area contributed by atoms with Crippen LogP contribution < -0.4 is 0 Å². The Labute approximate surface area is 196 Å². The van der Waals surface area contributed by atoms with Gasteiger partial charge in [0.05, 0.1) is 35.8 Å². The molecule has 0 N–H and O–H groups in total. The average Bonchev–Trinajstić information content (AvgIpc) is 3.42. The largest absolute Gasteiger partial charge is 0.465 e. The van der Waals surface area contributed by atoms with Crippen LogP contribution in [0.25, 0.3) is 33.4 Å². The number of methoxy groups -OCH3 is 1. The summed E-state index contributed by atoms with van der Waals surface area (Å²) in [6.45, 7) is 4.03. The minimum Gasteiger partial charge on any atom is -0.465 e. The highest BCUT2D eigenvalue weighted by molar-refractivity contribution is 5.98. The molecule has 0 saturated heterocycles. The Hall–Kier alpha value is -4.33. The predicted molar refractivity (Wildman–Crippen MR) is 129 cm³/mol. The number of aromatic nitrogens is 6. The van der Waals surface area contributed by atoms with E-state index in [2.05, 4.69) is 39.1 Å². The normalized spacial score (nSPS) is 12.1. The molecule has 0 saturated carbocycles. The fraction of sp³-hybridized carbons (Fsp3) is 0.192. The molecule has 0 bridgehead atoms. The predicted octanol–water partition coefficient (Wildman–Crippen LogP) is 4.60. The zero-order valence-electron chi connectivity index (χ0n) is 19.4. The van der Waals surface area contributed by atoms with E-state index >= 15 is 0 Å². The molecule has 34 heavy (non-hydrogen) atoms. The number of hydrogen-bond donors (Lipinski definition) is 0. The van der Waals surface area contributed by atoms with Gasteiger partial charge in [-0.1, -0.05) is 23.4 Å². The summed E-state index contributed by atoms with van der Waals surface area (Å²) in [7, 11) is 3.25. The Morgan fingerprint density at radius 2 is 1.91 bits per heavy atom. The second-order valence-corrected chi connectivity index (χ2v) is 8.20. The van der Waals surface area contributed by atoms with Crippen LogP contribution in [0.5, 0.6) is 0 Å². The van der Waals surface area contributed by atoms with Crippen molar-refractivity contribution in [1.29, 1.82) is 0 Å². The summed E-state index contributed by atoms with van der Waals surface area (Å²) in [5.41, 5.74) is 6.79. The lowest BCUT2D eigenvalue weighted by Gasteiger charge is -2.14. The van der Waals surface area contributed by atoms with Crippen molar-refractivity contribution in [2.75, 3.05) is 7.11 Å². The number of ether oxygens (including phenoxy) is 1. The fourth-order valence-electron chi connectivity index (χ4n) is 4.34. The highest BCUT2D eigenvalue weighted by atomic mass is 16.5. The van der Waals surface area contributed by atoms with E-state index in [-0.39, 0.29) is 12.0 Å². The maximum atomic E-state index is 12.2. The number of esters is 1. The van der Waals surface area contributed by atoms with E-state index in [0.717, 1.165) is 44.8 Å². The van der Waals surface area contributed by atoms with Crippen molar-refractivity contribution < 1.29 is 9.53 Å². The molecule has 0 aliphatic carbocycles. The van der Waals surface area contributed by atoms with Crippen molar-refractivity contribution in [1.82, 2.24) is 29.5 Å². The van der Waals surface area contributed by atoms with Crippen molar-refractivity contribution in [3.05, 3.63) is 84.1 Å².